The number of rotatable bonds is 4. The molecule has 0 N–H and O–H groups in total. The summed E-state index contributed by atoms with van der Waals surface area (Å²) >= 11 is 0. The minimum Gasteiger partial charge on any atom is -0.381 e. The van der Waals surface area contributed by atoms with Crippen molar-refractivity contribution >= 4 is 6.29 Å². The Hall–Kier alpha value is -1.94. The van der Waals surface area contributed by atoms with Crippen LogP contribution in [-0.4, -0.2) is 29.1 Å². The molecule has 1 saturated heterocycles. The third kappa shape index (κ3) is 3.75. The predicted octanol–water partition coefficient (Wildman–Crippen LogP) is 4.09. The van der Waals surface area contributed by atoms with E-state index in [9.17, 15) is 4.79 Å². The van der Waals surface area contributed by atoms with E-state index in [1.807, 2.05) is 24.3 Å². The van der Waals surface area contributed by atoms with E-state index in [2.05, 4.69) is 31.5 Å². The lowest BCUT2D eigenvalue weighted by molar-refractivity contribution is 0.0607. The number of ether oxygens (including phenoxy) is 1. The van der Waals surface area contributed by atoms with Gasteiger partial charge in [0, 0.05) is 42.5 Å². The molecule has 0 radical (unpaired) electrons. The summed E-state index contributed by atoms with van der Waals surface area (Å²) in [7, 11) is 0. The fourth-order valence-electron chi connectivity index (χ4n) is 3.27. The Kier molecular flexibility index (Phi) is 4.86. The Balaban J connectivity index is 1.94. The van der Waals surface area contributed by atoms with Crippen LogP contribution in [0.1, 0.15) is 49.8 Å². The van der Waals surface area contributed by atoms with Crippen LogP contribution in [0.15, 0.2) is 30.5 Å². The standard InChI is InChI=1S/C20H26N2O2/c1-20(2,3)19-21-18(17-6-4-5-16(11-17)14-23)13-22(19)12-15-7-9-24-10-8-15/h4-6,11,13-15H,7-10,12H2,1-3H3. The molecule has 0 amide bonds. The number of imidazole rings is 1. The summed E-state index contributed by atoms with van der Waals surface area (Å²) in [4.78, 5) is 16.0. The van der Waals surface area contributed by atoms with E-state index in [1.165, 1.54) is 0 Å². The smallest absolute Gasteiger partial charge is 0.150 e. The topological polar surface area (TPSA) is 44.1 Å². The molecule has 1 aromatic heterocycles. The Labute approximate surface area is 143 Å². The van der Waals surface area contributed by atoms with Gasteiger partial charge in [0.1, 0.15) is 12.1 Å². The number of hydrogen-bond donors (Lipinski definition) is 0. The van der Waals surface area contributed by atoms with Crippen LogP contribution in [-0.2, 0) is 16.7 Å². The highest BCUT2D eigenvalue weighted by atomic mass is 16.5. The highest BCUT2D eigenvalue weighted by Crippen LogP contribution is 2.28. The second-order valence-electron chi connectivity index (χ2n) is 7.65. The van der Waals surface area contributed by atoms with E-state index in [4.69, 9.17) is 9.72 Å². The molecule has 0 saturated carbocycles. The van der Waals surface area contributed by atoms with Crippen molar-refractivity contribution in [2.24, 2.45) is 5.92 Å². The summed E-state index contributed by atoms with van der Waals surface area (Å²) in [5.74, 6) is 1.74. The number of nitrogens with zero attached hydrogens (tertiary/aromatic N) is 2. The third-order valence-corrected chi connectivity index (χ3v) is 4.56. The normalized spacial score (nSPS) is 16.3. The van der Waals surface area contributed by atoms with E-state index >= 15 is 0 Å². The first-order valence-corrected chi connectivity index (χ1v) is 8.68. The second-order valence-corrected chi connectivity index (χ2v) is 7.65. The van der Waals surface area contributed by atoms with Crippen LogP contribution in [0.25, 0.3) is 11.3 Å². The van der Waals surface area contributed by atoms with Crippen molar-refractivity contribution in [1.29, 1.82) is 0 Å². The molecule has 4 nitrogen and oxygen atoms in total. The monoisotopic (exact) mass is 326 g/mol. The van der Waals surface area contributed by atoms with Gasteiger partial charge in [-0.2, -0.15) is 0 Å². The SMILES string of the molecule is CC(C)(C)c1nc(-c2cccc(C=O)c2)cn1CC1CCOCC1. The maximum atomic E-state index is 11.0. The first-order valence-electron chi connectivity index (χ1n) is 8.68. The van der Waals surface area contributed by atoms with Crippen molar-refractivity contribution in [3.05, 3.63) is 41.9 Å². The van der Waals surface area contributed by atoms with E-state index < -0.39 is 0 Å². The van der Waals surface area contributed by atoms with Crippen LogP contribution in [0.5, 0.6) is 0 Å². The van der Waals surface area contributed by atoms with Gasteiger partial charge in [0.25, 0.3) is 0 Å². The van der Waals surface area contributed by atoms with Gasteiger partial charge in [0.2, 0.25) is 0 Å². The third-order valence-electron chi connectivity index (χ3n) is 4.56. The highest BCUT2D eigenvalue weighted by molar-refractivity contribution is 5.78. The van der Waals surface area contributed by atoms with Gasteiger partial charge in [-0.15, -0.1) is 0 Å². The number of benzene rings is 1. The maximum Gasteiger partial charge on any atom is 0.150 e. The summed E-state index contributed by atoms with van der Waals surface area (Å²) in [6.45, 7) is 9.29. The molecular weight excluding hydrogens is 300 g/mol. The van der Waals surface area contributed by atoms with E-state index in [-0.39, 0.29) is 5.41 Å². The summed E-state index contributed by atoms with van der Waals surface area (Å²) in [5.41, 5.74) is 2.60. The van der Waals surface area contributed by atoms with Crippen LogP contribution in [0.3, 0.4) is 0 Å². The molecule has 1 aromatic carbocycles. The molecule has 0 atom stereocenters. The average molecular weight is 326 g/mol. The molecule has 1 aliphatic rings. The molecular formula is C20H26N2O2. The summed E-state index contributed by atoms with van der Waals surface area (Å²) in [6.07, 6.45) is 5.24. The molecule has 0 unspecified atom stereocenters. The van der Waals surface area contributed by atoms with Gasteiger partial charge < -0.3 is 9.30 Å². The molecule has 2 heterocycles. The highest BCUT2D eigenvalue weighted by Gasteiger charge is 2.24. The lowest BCUT2D eigenvalue weighted by Crippen LogP contribution is -2.24. The molecule has 0 bridgehead atoms. The average Bonchev–Trinajstić information content (AvgIpc) is 3.00. The molecule has 3 rings (SSSR count). The van der Waals surface area contributed by atoms with E-state index in [1.54, 1.807) is 0 Å². The molecule has 128 valence electrons. The van der Waals surface area contributed by atoms with E-state index in [0.29, 0.717) is 11.5 Å². The van der Waals surface area contributed by atoms with Gasteiger partial charge in [-0.05, 0) is 24.8 Å². The molecule has 4 heteroatoms. The van der Waals surface area contributed by atoms with Crippen molar-refractivity contribution < 1.29 is 9.53 Å². The molecule has 1 fully saturated rings. The number of carbonyl (C=O) groups excluding carboxylic acids is 1. The second kappa shape index (κ2) is 6.89. The number of hydrogen-bond acceptors (Lipinski definition) is 3. The predicted molar refractivity (Wildman–Crippen MR) is 95.3 cm³/mol. The first kappa shape index (κ1) is 16.9. The van der Waals surface area contributed by atoms with Gasteiger partial charge in [0.05, 0.1) is 5.69 Å². The lowest BCUT2D eigenvalue weighted by Gasteiger charge is -2.25. The number of aldehydes is 1. The lowest BCUT2D eigenvalue weighted by atomic mass is 9.94. The Bertz CT molecular complexity index is 707. The minimum absolute atomic E-state index is 0.0221. The van der Waals surface area contributed by atoms with Crippen LogP contribution in [0.2, 0.25) is 0 Å². The zero-order valence-corrected chi connectivity index (χ0v) is 14.8. The quantitative estimate of drug-likeness (QED) is 0.795. The largest absolute Gasteiger partial charge is 0.381 e. The van der Waals surface area contributed by atoms with Crippen LogP contribution >= 0.6 is 0 Å². The molecule has 24 heavy (non-hydrogen) atoms. The van der Waals surface area contributed by atoms with Crippen molar-refractivity contribution in [1.82, 2.24) is 9.55 Å². The molecule has 1 aliphatic heterocycles. The van der Waals surface area contributed by atoms with Crippen molar-refractivity contribution in [2.45, 2.75) is 45.6 Å². The molecule has 0 aliphatic carbocycles. The van der Waals surface area contributed by atoms with Crippen LogP contribution in [0, 0.1) is 5.92 Å². The van der Waals surface area contributed by atoms with Gasteiger partial charge in [-0.3, -0.25) is 4.79 Å². The van der Waals surface area contributed by atoms with Gasteiger partial charge >= 0.3 is 0 Å². The van der Waals surface area contributed by atoms with Crippen LogP contribution < -0.4 is 0 Å². The van der Waals surface area contributed by atoms with Gasteiger partial charge in [0.15, 0.2) is 0 Å². The Morgan fingerprint density at radius 1 is 1.29 bits per heavy atom. The molecule has 0 spiro atoms. The van der Waals surface area contributed by atoms with Crippen molar-refractivity contribution in [3.63, 3.8) is 0 Å². The van der Waals surface area contributed by atoms with E-state index in [0.717, 1.165) is 56.0 Å². The van der Waals surface area contributed by atoms with Gasteiger partial charge in [-0.25, -0.2) is 4.98 Å². The molecule has 2 aromatic rings. The number of aromatic nitrogens is 2. The summed E-state index contributed by atoms with van der Waals surface area (Å²) in [5, 5.41) is 0. The van der Waals surface area contributed by atoms with Crippen molar-refractivity contribution in [2.75, 3.05) is 13.2 Å². The summed E-state index contributed by atoms with van der Waals surface area (Å²) in [6, 6.07) is 7.65. The number of carbonyl (C=O) groups is 1. The fraction of sp³-hybridized carbons (Fsp3) is 0.500. The Morgan fingerprint density at radius 2 is 2.04 bits per heavy atom. The first-order chi connectivity index (χ1) is 11.5. The minimum atomic E-state index is -0.0221. The zero-order valence-electron chi connectivity index (χ0n) is 14.8. The fourth-order valence-corrected chi connectivity index (χ4v) is 3.27. The van der Waals surface area contributed by atoms with Crippen molar-refractivity contribution in [3.8, 4) is 11.3 Å². The maximum absolute atomic E-state index is 11.0. The summed E-state index contributed by atoms with van der Waals surface area (Å²) < 4.78 is 7.78. The van der Waals surface area contributed by atoms with Crippen LogP contribution in [0.4, 0.5) is 0 Å². The zero-order chi connectivity index (χ0) is 17.2. The Morgan fingerprint density at radius 3 is 2.71 bits per heavy atom. The van der Waals surface area contributed by atoms with Gasteiger partial charge in [-0.1, -0.05) is 39.0 Å².